The molecule has 0 bridgehead atoms. The van der Waals surface area contributed by atoms with Gasteiger partial charge in [-0.1, -0.05) is 13.8 Å². The minimum Gasteiger partial charge on any atom is -0.480 e. The third-order valence-electron chi connectivity index (χ3n) is 2.66. The first-order valence-electron chi connectivity index (χ1n) is 6.43. The molecule has 1 fully saturated rings. The molecule has 1 saturated carbocycles. The van der Waals surface area contributed by atoms with Gasteiger partial charge in [0.05, 0.1) is 6.54 Å². The Hall–Kier alpha value is -1.79. The van der Waals surface area contributed by atoms with E-state index in [9.17, 15) is 14.4 Å². The average molecular weight is 271 g/mol. The molecule has 0 unspecified atom stereocenters. The lowest BCUT2D eigenvalue weighted by atomic mass is 10.2. The molecule has 0 aromatic rings. The number of urea groups is 1. The van der Waals surface area contributed by atoms with E-state index in [0.29, 0.717) is 12.5 Å². The van der Waals surface area contributed by atoms with Crippen LogP contribution in [-0.4, -0.2) is 53.6 Å². The molecular formula is C12H21N3O4. The van der Waals surface area contributed by atoms with Crippen LogP contribution in [0, 0.1) is 5.92 Å². The second-order valence-corrected chi connectivity index (χ2v) is 5.11. The van der Waals surface area contributed by atoms with Crippen LogP contribution in [0.2, 0.25) is 0 Å². The van der Waals surface area contributed by atoms with Crippen molar-refractivity contribution in [2.75, 3.05) is 19.6 Å². The predicted octanol–water partition coefficient (Wildman–Crippen LogP) is 0.0172. The number of nitrogens with zero attached hydrogens (tertiary/aromatic N) is 1. The maximum Gasteiger partial charge on any atom is 0.323 e. The highest BCUT2D eigenvalue weighted by atomic mass is 16.4. The van der Waals surface area contributed by atoms with E-state index in [1.54, 1.807) is 0 Å². The van der Waals surface area contributed by atoms with Gasteiger partial charge in [-0.25, -0.2) is 4.79 Å². The van der Waals surface area contributed by atoms with Crippen LogP contribution in [0.1, 0.15) is 26.7 Å². The average Bonchev–Trinajstić information content (AvgIpc) is 3.14. The molecule has 19 heavy (non-hydrogen) atoms. The van der Waals surface area contributed by atoms with Crippen LogP contribution in [0.15, 0.2) is 0 Å². The number of aliphatic carboxylic acids is 1. The Balaban J connectivity index is 2.31. The second kappa shape index (κ2) is 6.96. The summed E-state index contributed by atoms with van der Waals surface area (Å²) in [5, 5.41) is 13.8. The van der Waals surface area contributed by atoms with Crippen LogP contribution in [0.25, 0.3) is 0 Å². The molecule has 0 aliphatic heterocycles. The number of rotatable bonds is 7. The zero-order chi connectivity index (χ0) is 14.4. The summed E-state index contributed by atoms with van der Waals surface area (Å²) in [5.41, 5.74) is 0. The zero-order valence-corrected chi connectivity index (χ0v) is 11.3. The molecule has 3 N–H and O–H groups in total. The van der Waals surface area contributed by atoms with Crippen molar-refractivity contribution < 1.29 is 19.5 Å². The normalized spacial score (nSPS) is 14.1. The standard InChI is InChI=1S/C12H21N3O4/c1-8(2)5-13-10(16)6-14-12(19)15(7-11(17)18)9-3-4-9/h8-9H,3-7H2,1-2H3,(H,13,16)(H,14,19)(H,17,18). The molecule has 108 valence electrons. The van der Waals surface area contributed by atoms with Gasteiger partial charge >= 0.3 is 12.0 Å². The topological polar surface area (TPSA) is 98.7 Å². The van der Waals surface area contributed by atoms with Gasteiger partial charge in [0.2, 0.25) is 5.91 Å². The van der Waals surface area contributed by atoms with Crippen molar-refractivity contribution in [1.29, 1.82) is 0 Å². The van der Waals surface area contributed by atoms with Crippen molar-refractivity contribution in [3.8, 4) is 0 Å². The van der Waals surface area contributed by atoms with Crippen molar-refractivity contribution in [3.05, 3.63) is 0 Å². The summed E-state index contributed by atoms with van der Waals surface area (Å²) in [6, 6.07) is -0.501. The molecule has 1 aliphatic carbocycles. The molecule has 7 nitrogen and oxygen atoms in total. The Kier molecular flexibility index (Phi) is 5.59. The number of hydrogen-bond acceptors (Lipinski definition) is 3. The molecule has 0 spiro atoms. The molecule has 0 radical (unpaired) electrons. The molecule has 3 amide bonds. The Bertz CT molecular complexity index is 353. The summed E-state index contributed by atoms with van der Waals surface area (Å²) < 4.78 is 0. The summed E-state index contributed by atoms with van der Waals surface area (Å²) in [6.45, 7) is 4.04. The summed E-state index contributed by atoms with van der Waals surface area (Å²) in [6.07, 6.45) is 1.64. The van der Waals surface area contributed by atoms with Crippen LogP contribution in [0.5, 0.6) is 0 Å². The number of carbonyl (C=O) groups excluding carboxylic acids is 2. The van der Waals surface area contributed by atoms with E-state index < -0.39 is 12.0 Å². The lowest BCUT2D eigenvalue weighted by Crippen LogP contribution is -2.47. The lowest BCUT2D eigenvalue weighted by Gasteiger charge is -2.20. The highest BCUT2D eigenvalue weighted by Gasteiger charge is 2.33. The van der Waals surface area contributed by atoms with Crippen molar-refractivity contribution in [2.24, 2.45) is 5.92 Å². The summed E-state index contributed by atoms with van der Waals surface area (Å²) in [4.78, 5) is 35.1. The summed E-state index contributed by atoms with van der Waals surface area (Å²) in [7, 11) is 0. The number of carboxylic acid groups (broad SMARTS) is 1. The van der Waals surface area contributed by atoms with E-state index >= 15 is 0 Å². The molecule has 0 aromatic carbocycles. The molecule has 0 saturated heterocycles. The van der Waals surface area contributed by atoms with E-state index in [1.807, 2.05) is 13.8 Å². The fraction of sp³-hybridized carbons (Fsp3) is 0.750. The van der Waals surface area contributed by atoms with Gasteiger partial charge in [-0.2, -0.15) is 0 Å². The minimum atomic E-state index is -1.05. The molecule has 7 heteroatoms. The summed E-state index contributed by atoms with van der Waals surface area (Å²) >= 11 is 0. The van der Waals surface area contributed by atoms with E-state index in [-0.39, 0.29) is 25.0 Å². The van der Waals surface area contributed by atoms with E-state index in [0.717, 1.165) is 12.8 Å². The Labute approximate surface area is 112 Å². The fourth-order valence-electron chi connectivity index (χ4n) is 1.54. The molecule has 0 atom stereocenters. The first-order valence-corrected chi connectivity index (χ1v) is 6.43. The van der Waals surface area contributed by atoms with Crippen LogP contribution in [-0.2, 0) is 9.59 Å². The van der Waals surface area contributed by atoms with Gasteiger partial charge in [0.15, 0.2) is 0 Å². The third-order valence-corrected chi connectivity index (χ3v) is 2.66. The first kappa shape index (κ1) is 15.3. The van der Waals surface area contributed by atoms with Crippen LogP contribution in [0.4, 0.5) is 4.79 Å². The van der Waals surface area contributed by atoms with Gasteiger partial charge in [-0.15, -0.1) is 0 Å². The fourth-order valence-corrected chi connectivity index (χ4v) is 1.54. The number of carboxylic acids is 1. The van der Waals surface area contributed by atoms with Crippen LogP contribution in [0.3, 0.4) is 0 Å². The highest BCUT2D eigenvalue weighted by Crippen LogP contribution is 2.26. The van der Waals surface area contributed by atoms with Crippen molar-refractivity contribution >= 4 is 17.9 Å². The Morgan fingerprint density at radius 3 is 2.37 bits per heavy atom. The van der Waals surface area contributed by atoms with Crippen molar-refractivity contribution in [3.63, 3.8) is 0 Å². The smallest absolute Gasteiger partial charge is 0.323 e. The first-order chi connectivity index (χ1) is 8.90. The SMILES string of the molecule is CC(C)CNC(=O)CNC(=O)N(CC(=O)O)C1CC1. The number of amides is 3. The van der Waals surface area contributed by atoms with Gasteiger partial charge < -0.3 is 20.6 Å². The third kappa shape index (κ3) is 6.08. The molecule has 0 aromatic heterocycles. The monoisotopic (exact) mass is 271 g/mol. The second-order valence-electron chi connectivity index (χ2n) is 5.11. The number of carbonyl (C=O) groups is 3. The van der Waals surface area contributed by atoms with Crippen LogP contribution < -0.4 is 10.6 Å². The minimum absolute atomic E-state index is 0.00479. The van der Waals surface area contributed by atoms with Crippen molar-refractivity contribution in [1.82, 2.24) is 15.5 Å². The van der Waals surface area contributed by atoms with Gasteiger partial charge in [0.25, 0.3) is 0 Å². The van der Waals surface area contributed by atoms with Gasteiger partial charge in [-0.3, -0.25) is 9.59 Å². The zero-order valence-electron chi connectivity index (χ0n) is 11.3. The largest absolute Gasteiger partial charge is 0.480 e. The summed E-state index contributed by atoms with van der Waals surface area (Å²) in [5.74, 6) is -0.978. The molecule has 0 heterocycles. The predicted molar refractivity (Wildman–Crippen MR) is 68.6 cm³/mol. The Morgan fingerprint density at radius 1 is 1.26 bits per heavy atom. The lowest BCUT2D eigenvalue weighted by molar-refractivity contribution is -0.137. The quantitative estimate of drug-likeness (QED) is 0.607. The number of hydrogen-bond donors (Lipinski definition) is 3. The molecule has 1 rings (SSSR count). The van der Waals surface area contributed by atoms with Crippen LogP contribution >= 0.6 is 0 Å². The van der Waals surface area contributed by atoms with Gasteiger partial charge in [-0.05, 0) is 18.8 Å². The van der Waals surface area contributed by atoms with E-state index in [1.165, 1.54) is 4.90 Å². The van der Waals surface area contributed by atoms with Gasteiger partial charge in [0, 0.05) is 12.6 Å². The molecule has 1 aliphatic rings. The maximum atomic E-state index is 11.8. The van der Waals surface area contributed by atoms with E-state index in [2.05, 4.69) is 10.6 Å². The van der Waals surface area contributed by atoms with Crippen molar-refractivity contribution in [2.45, 2.75) is 32.7 Å². The van der Waals surface area contributed by atoms with E-state index in [4.69, 9.17) is 5.11 Å². The highest BCUT2D eigenvalue weighted by molar-refractivity contribution is 5.85. The Morgan fingerprint density at radius 2 is 1.89 bits per heavy atom. The van der Waals surface area contributed by atoms with Gasteiger partial charge in [0.1, 0.15) is 6.54 Å². The maximum absolute atomic E-state index is 11.8. The molecular weight excluding hydrogens is 250 g/mol. The number of nitrogens with one attached hydrogen (secondary N) is 2.